The van der Waals surface area contributed by atoms with Crippen molar-refractivity contribution in [1.29, 1.82) is 0 Å². The molecule has 0 aromatic heterocycles. The summed E-state index contributed by atoms with van der Waals surface area (Å²) in [6.07, 6.45) is -1.60. The van der Waals surface area contributed by atoms with Crippen molar-refractivity contribution in [3.05, 3.63) is 0 Å². The highest BCUT2D eigenvalue weighted by Gasteiger charge is 2.49. The lowest BCUT2D eigenvalue weighted by atomic mass is 10.3. The molecule has 0 saturated carbocycles. The number of hydrogen-bond acceptors (Lipinski definition) is 9. The molecule has 0 aromatic carbocycles. The molecule has 1 atom stereocenters. The van der Waals surface area contributed by atoms with E-state index in [9.17, 15) is 14.4 Å². The number of ether oxygens (including phenoxy) is 1. The molecule has 0 aromatic rings. The third kappa shape index (κ3) is 5.00. The normalized spacial score (nSPS) is 21.5. The minimum absolute atomic E-state index is 0.0556. The van der Waals surface area contributed by atoms with Crippen LogP contribution in [0.5, 0.6) is 0 Å². The average Bonchev–Trinajstić information content (AvgIpc) is 3.09. The van der Waals surface area contributed by atoms with E-state index in [1.165, 1.54) is 0 Å². The fraction of sp³-hybridized carbons (Fsp3) is 0.769. The molecule has 2 aliphatic rings. The van der Waals surface area contributed by atoms with E-state index >= 15 is 0 Å². The van der Waals surface area contributed by atoms with Crippen LogP contribution < -0.4 is 10.6 Å². The first-order valence-electron chi connectivity index (χ1n) is 7.73. The number of amides is 5. The summed E-state index contributed by atoms with van der Waals surface area (Å²) in [4.78, 5) is 36.4. The van der Waals surface area contributed by atoms with Crippen molar-refractivity contribution in [1.82, 2.24) is 25.3 Å². The number of nitrogens with zero attached hydrogens (tertiary/aromatic N) is 3. The average molecular weight is 379 g/mol. The van der Waals surface area contributed by atoms with Crippen LogP contribution in [0.1, 0.15) is 13.8 Å². The molecule has 13 heteroatoms. The van der Waals surface area contributed by atoms with E-state index in [0.717, 1.165) is 13.2 Å². The van der Waals surface area contributed by atoms with E-state index in [0.29, 0.717) is 14.7 Å². The van der Waals surface area contributed by atoms with E-state index in [-0.39, 0.29) is 5.72 Å². The van der Waals surface area contributed by atoms with Gasteiger partial charge in [-0.05, 0) is 13.8 Å². The van der Waals surface area contributed by atoms with Crippen molar-refractivity contribution in [2.24, 2.45) is 0 Å². The first-order valence-corrected chi connectivity index (χ1v) is 7.73. The highest BCUT2D eigenvalue weighted by Crippen LogP contribution is 2.19. The number of aliphatic hydroxyl groups is 4. The standard InChI is InChI=1S/C8H14N4O7.C5H11NO/c13-1-9-7(18)10(2-14)5-6(17)12(4-16)8(19)11(5)3-15;1-5(2)6-3-4-7-5/h5,13-16H,1-4H2,(H,9,18);6H,3-4H2,1-2H3. The summed E-state index contributed by atoms with van der Waals surface area (Å²) >= 11 is 0. The Morgan fingerprint density at radius 2 is 1.96 bits per heavy atom. The predicted octanol–water partition coefficient (Wildman–Crippen LogP) is -3.27. The zero-order valence-electron chi connectivity index (χ0n) is 14.6. The van der Waals surface area contributed by atoms with Crippen LogP contribution >= 0.6 is 0 Å². The SMILES string of the molecule is CC1(C)NCCO1.O=C1C(N(CO)C(=O)NCO)N(CO)C(=O)N1CO. The predicted molar refractivity (Wildman–Crippen MR) is 84.6 cm³/mol. The van der Waals surface area contributed by atoms with E-state index in [1.54, 1.807) is 0 Å². The molecule has 2 rings (SSSR count). The number of urea groups is 2. The zero-order chi connectivity index (χ0) is 19.9. The zero-order valence-corrected chi connectivity index (χ0v) is 14.6. The molecule has 150 valence electrons. The Labute approximate surface area is 149 Å². The third-order valence-corrected chi connectivity index (χ3v) is 3.61. The Morgan fingerprint density at radius 1 is 1.31 bits per heavy atom. The van der Waals surface area contributed by atoms with E-state index in [4.69, 9.17) is 25.2 Å². The molecule has 2 fully saturated rings. The van der Waals surface area contributed by atoms with Gasteiger partial charge in [0.1, 0.15) is 32.6 Å². The fourth-order valence-electron chi connectivity index (χ4n) is 2.33. The van der Waals surface area contributed by atoms with Crippen LogP contribution in [-0.2, 0) is 9.53 Å². The monoisotopic (exact) mass is 379 g/mol. The minimum Gasteiger partial charge on any atom is -0.376 e. The molecule has 0 radical (unpaired) electrons. The summed E-state index contributed by atoms with van der Waals surface area (Å²) in [6.45, 7) is 2.40. The fourth-order valence-corrected chi connectivity index (χ4v) is 2.33. The molecule has 1 unspecified atom stereocenters. The number of hydrogen-bond donors (Lipinski definition) is 6. The van der Waals surface area contributed by atoms with Gasteiger partial charge in [-0.3, -0.25) is 19.9 Å². The van der Waals surface area contributed by atoms with Gasteiger partial charge in [0.05, 0.1) is 6.61 Å². The van der Waals surface area contributed by atoms with Crippen LogP contribution in [0, 0.1) is 0 Å². The van der Waals surface area contributed by atoms with Gasteiger partial charge < -0.3 is 30.5 Å². The van der Waals surface area contributed by atoms with E-state index < -0.39 is 51.1 Å². The topological polar surface area (TPSA) is 175 Å². The summed E-state index contributed by atoms with van der Waals surface area (Å²) in [6, 6.07) is -2.02. The summed E-state index contributed by atoms with van der Waals surface area (Å²) in [5.74, 6) is -0.983. The molecular weight excluding hydrogens is 354 g/mol. The van der Waals surface area contributed by atoms with Crippen molar-refractivity contribution < 1.29 is 39.5 Å². The van der Waals surface area contributed by atoms with Gasteiger partial charge in [-0.2, -0.15) is 0 Å². The molecule has 26 heavy (non-hydrogen) atoms. The van der Waals surface area contributed by atoms with Gasteiger partial charge >= 0.3 is 12.1 Å². The number of imide groups is 1. The van der Waals surface area contributed by atoms with Crippen LogP contribution in [0.3, 0.4) is 0 Å². The smallest absolute Gasteiger partial charge is 0.332 e. The number of nitrogens with one attached hydrogen (secondary N) is 2. The van der Waals surface area contributed by atoms with Gasteiger partial charge in [-0.15, -0.1) is 0 Å². The Morgan fingerprint density at radius 3 is 2.31 bits per heavy atom. The Bertz CT molecular complexity index is 509. The van der Waals surface area contributed by atoms with Crippen molar-refractivity contribution in [3.8, 4) is 0 Å². The molecule has 5 amide bonds. The van der Waals surface area contributed by atoms with Gasteiger partial charge in [-0.1, -0.05) is 0 Å². The Balaban J connectivity index is 0.000000401. The molecule has 0 spiro atoms. The van der Waals surface area contributed by atoms with Crippen molar-refractivity contribution in [2.75, 3.05) is 40.1 Å². The van der Waals surface area contributed by atoms with Crippen molar-refractivity contribution in [2.45, 2.75) is 25.7 Å². The molecule has 0 aliphatic carbocycles. The van der Waals surface area contributed by atoms with E-state index in [1.807, 2.05) is 19.2 Å². The van der Waals surface area contributed by atoms with Gasteiger partial charge in [0.2, 0.25) is 0 Å². The van der Waals surface area contributed by atoms with Crippen LogP contribution in [0.15, 0.2) is 0 Å². The highest BCUT2D eigenvalue weighted by molar-refractivity contribution is 6.05. The maximum atomic E-state index is 11.8. The van der Waals surface area contributed by atoms with Crippen molar-refractivity contribution in [3.63, 3.8) is 0 Å². The van der Waals surface area contributed by atoms with Crippen LogP contribution in [0.25, 0.3) is 0 Å². The minimum atomic E-state index is -1.60. The number of carbonyl (C=O) groups excluding carboxylic acids is 3. The first-order chi connectivity index (χ1) is 12.2. The molecule has 13 nitrogen and oxygen atoms in total. The molecule has 2 heterocycles. The molecular formula is C13H25N5O8. The Hall–Kier alpha value is -2.03. The number of rotatable bonds is 5. The first kappa shape index (κ1) is 22.0. The lowest BCUT2D eigenvalue weighted by molar-refractivity contribution is -0.136. The van der Waals surface area contributed by atoms with Crippen LogP contribution in [0.4, 0.5) is 9.59 Å². The van der Waals surface area contributed by atoms with Gasteiger partial charge in [0, 0.05) is 6.54 Å². The van der Waals surface area contributed by atoms with E-state index in [2.05, 4.69) is 5.32 Å². The summed E-state index contributed by atoms with van der Waals surface area (Å²) < 4.78 is 5.23. The lowest BCUT2D eigenvalue weighted by Gasteiger charge is -2.29. The number of aliphatic hydroxyl groups excluding tert-OH is 4. The Kier molecular flexibility index (Phi) is 8.13. The van der Waals surface area contributed by atoms with Gasteiger partial charge in [0.15, 0.2) is 6.17 Å². The van der Waals surface area contributed by atoms with Crippen molar-refractivity contribution >= 4 is 18.0 Å². The summed E-state index contributed by atoms with van der Waals surface area (Å²) in [5, 5.41) is 40.7. The highest BCUT2D eigenvalue weighted by atomic mass is 16.5. The number of carbonyl (C=O) groups is 3. The summed E-state index contributed by atoms with van der Waals surface area (Å²) in [7, 11) is 0. The maximum absolute atomic E-state index is 11.8. The maximum Gasteiger partial charge on any atom is 0.332 e. The largest absolute Gasteiger partial charge is 0.376 e. The molecule has 6 N–H and O–H groups in total. The molecule has 0 bridgehead atoms. The second-order valence-electron chi connectivity index (χ2n) is 5.71. The lowest BCUT2D eigenvalue weighted by Crippen LogP contribution is -2.55. The quantitative estimate of drug-likeness (QED) is 0.211. The molecule has 2 aliphatic heterocycles. The second kappa shape index (κ2) is 9.61. The third-order valence-electron chi connectivity index (χ3n) is 3.61. The van der Waals surface area contributed by atoms with Crippen LogP contribution in [-0.4, -0.2) is 105 Å². The molecule has 2 saturated heterocycles. The second-order valence-corrected chi connectivity index (χ2v) is 5.71. The van der Waals surface area contributed by atoms with Gasteiger partial charge in [-0.25, -0.2) is 14.5 Å². The van der Waals surface area contributed by atoms with Crippen LogP contribution in [0.2, 0.25) is 0 Å². The summed E-state index contributed by atoms with van der Waals surface area (Å²) in [5.41, 5.74) is -0.0556. The van der Waals surface area contributed by atoms with Gasteiger partial charge in [0.25, 0.3) is 5.91 Å².